The molecule has 0 radical (unpaired) electrons. The van der Waals surface area contributed by atoms with Gasteiger partial charge in [-0.15, -0.1) is 0 Å². The molecule has 3 N–H and O–H groups in total. The number of hydrazine groups is 2. The maximum atomic E-state index is 10.3. The summed E-state index contributed by atoms with van der Waals surface area (Å²) in [5.41, 5.74) is 0. The molecule has 0 amide bonds. The van der Waals surface area contributed by atoms with Crippen molar-refractivity contribution in [2.75, 3.05) is 32.8 Å². The molecule has 1 aliphatic heterocycles. The summed E-state index contributed by atoms with van der Waals surface area (Å²) in [5, 5.41) is 11.4. The highest BCUT2D eigenvalue weighted by molar-refractivity contribution is 5.68. The third-order valence-electron chi connectivity index (χ3n) is 1.65. The minimum absolute atomic E-state index is 0.167. The van der Waals surface area contributed by atoms with E-state index in [-0.39, 0.29) is 6.54 Å². The Morgan fingerprint density at radius 2 is 2.17 bits per heavy atom. The number of rotatable bonds is 3. The fraction of sp³-hybridized carbons (Fsp3) is 0.833. The van der Waals surface area contributed by atoms with Gasteiger partial charge in [-0.2, -0.15) is 5.12 Å². The SMILES string of the molecule is NN(CC(=O)O)N1CCOCC1. The molecule has 0 aliphatic carbocycles. The van der Waals surface area contributed by atoms with E-state index in [0.29, 0.717) is 26.3 Å². The lowest BCUT2D eigenvalue weighted by atomic mass is 10.5. The molecule has 0 aromatic rings. The van der Waals surface area contributed by atoms with Gasteiger partial charge < -0.3 is 9.84 Å². The zero-order valence-electron chi connectivity index (χ0n) is 6.77. The first-order valence-corrected chi connectivity index (χ1v) is 3.77. The van der Waals surface area contributed by atoms with Crippen molar-refractivity contribution < 1.29 is 14.6 Å². The average molecular weight is 175 g/mol. The van der Waals surface area contributed by atoms with Crippen LogP contribution in [0.5, 0.6) is 0 Å². The molecule has 1 fully saturated rings. The lowest BCUT2D eigenvalue weighted by Gasteiger charge is -2.32. The zero-order chi connectivity index (χ0) is 8.97. The molecule has 12 heavy (non-hydrogen) atoms. The Morgan fingerprint density at radius 1 is 1.58 bits per heavy atom. The molecule has 6 heteroatoms. The second kappa shape index (κ2) is 4.36. The fourth-order valence-corrected chi connectivity index (χ4v) is 1.05. The number of ether oxygens (including phenoxy) is 1. The van der Waals surface area contributed by atoms with Crippen LogP contribution in [0.25, 0.3) is 0 Å². The first-order chi connectivity index (χ1) is 5.70. The Morgan fingerprint density at radius 3 is 2.67 bits per heavy atom. The minimum atomic E-state index is -0.927. The summed E-state index contributed by atoms with van der Waals surface area (Å²) in [6.07, 6.45) is 0. The third-order valence-corrected chi connectivity index (χ3v) is 1.65. The number of nitrogens with two attached hydrogens (primary N) is 1. The van der Waals surface area contributed by atoms with Crippen molar-refractivity contribution >= 4 is 5.97 Å². The van der Waals surface area contributed by atoms with Gasteiger partial charge >= 0.3 is 5.97 Å². The van der Waals surface area contributed by atoms with E-state index in [4.69, 9.17) is 15.7 Å². The molecule has 1 heterocycles. The number of carboxylic acid groups (broad SMARTS) is 1. The summed E-state index contributed by atoms with van der Waals surface area (Å²) < 4.78 is 5.08. The van der Waals surface area contributed by atoms with E-state index in [9.17, 15) is 4.79 Å². The summed E-state index contributed by atoms with van der Waals surface area (Å²) in [4.78, 5) is 10.3. The number of morpholine rings is 1. The van der Waals surface area contributed by atoms with Crippen LogP contribution in [0.2, 0.25) is 0 Å². The van der Waals surface area contributed by atoms with E-state index in [1.807, 2.05) is 0 Å². The van der Waals surface area contributed by atoms with Crippen LogP contribution in [0.1, 0.15) is 0 Å². The predicted molar refractivity (Wildman–Crippen MR) is 40.9 cm³/mol. The Bertz CT molecular complexity index is 158. The quantitative estimate of drug-likeness (QED) is 0.401. The lowest BCUT2D eigenvalue weighted by molar-refractivity contribution is -0.149. The van der Waals surface area contributed by atoms with Gasteiger partial charge in [0.15, 0.2) is 0 Å². The second-order valence-corrected chi connectivity index (χ2v) is 2.56. The molecule has 6 nitrogen and oxygen atoms in total. The Balaban J connectivity index is 2.29. The number of carboxylic acids is 1. The number of hydrogen-bond donors (Lipinski definition) is 2. The zero-order valence-corrected chi connectivity index (χ0v) is 6.77. The molecule has 0 atom stereocenters. The number of aliphatic carboxylic acids is 1. The largest absolute Gasteiger partial charge is 0.480 e. The maximum Gasteiger partial charge on any atom is 0.320 e. The summed E-state index contributed by atoms with van der Waals surface area (Å²) in [6, 6.07) is 0. The van der Waals surface area contributed by atoms with Gasteiger partial charge in [0.2, 0.25) is 0 Å². The van der Waals surface area contributed by atoms with Crippen molar-refractivity contribution in [1.29, 1.82) is 0 Å². The van der Waals surface area contributed by atoms with Crippen molar-refractivity contribution in [1.82, 2.24) is 10.1 Å². The van der Waals surface area contributed by atoms with Crippen LogP contribution in [-0.4, -0.2) is 54.1 Å². The summed E-state index contributed by atoms with van der Waals surface area (Å²) >= 11 is 0. The van der Waals surface area contributed by atoms with Crippen molar-refractivity contribution in [3.05, 3.63) is 0 Å². The van der Waals surface area contributed by atoms with Crippen LogP contribution in [0.4, 0.5) is 0 Å². The molecular formula is C6H13N3O3. The smallest absolute Gasteiger partial charge is 0.320 e. The fourth-order valence-electron chi connectivity index (χ4n) is 1.05. The van der Waals surface area contributed by atoms with Gasteiger partial charge in [-0.1, -0.05) is 0 Å². The van der Waals surface area contributed by atoms with Crippen LogP contribution in [-0.2, 0) is 9.53 Å². The molecule has 0 bridgehead atoms. The average Bonchev–Trinajstić information content (AvgIpc) is 2.05. The Hall–Kier alpha value is -0.690. The molecule has 0 aromatic carbocycles. The summed E-state index contributed by atoms with van der Waals surface area (Å²) in [6.45, 7) is 2.36. The highest BCUT2D eigenvalue weighted by Crippen LogP contribution is 1.97. The van der Waals surface area contributed by atoms with Crippen molar-refractivity contribution in [3.8, 4) is 0 Å². The van der Waals surface area contributed by atoms with Gasteiger partial charge in [0, 0.05) is 13.1 Å². The minimum Gasteiger partial charge on any atom is -0.480 e. The lowest BCUT2D eigenvalue weighted by Crippen LogP contribution is -2.54. The molecule has 0 spiro atoms. The highest BCUT2D eigenvalue weighted by atomic mass is 16.5. The Labute approximate surface area is 70.4 Å². The van der Waals surface area contributed by atoms with Crippen LogP contribution in [0, 0.1) is 0 Å². The molecule has 0 aromatic heterocycles. The summed E-state index contributed by atoms with van der Waals surface area (Å²) in [7, 11) is 0. The molecule has 0 unspecified atom stereocenters. The van der Waals surface area contributed by atoms with Gasteiger partial charge in [0.25, 0.3) is 0 Å². The van der Waals surface area contributed by atoms with E-state index in [1.165, 1.54) is 5.12 Å². The normalized spacial score (nSPS) is 19.8. The van der Waals surface area contributed by atoms with Crippen molar-refractivity contribution in [2.45, 2.75) is 0 Å². The Kier molecular flexibility index (Phi) is 3.42. The second-order valence-electron chi connectivity index (χ2n) is 2.56. The number of carbonyl (C=O) groups is 1. The molecule has 1 aliphatic rings. The van der Waals surface area contributed by atoms with Crippen molar-refractivity contribution in [3.63, 3.8) is 0 Å². The standard InChI is InChI=1S/C6H13N3O3/c7-9(5-6(10)11)8-1-3-12-4-2-8/h1-5,7H2,(H,10,11). The highest BCUT2D eigenvalue weighted by Gasteiger charge is 2.17. The maximum absolute atomic E-state index is 10.3. The molecule has 70 valence electrons. The van der Waals surface area contributed by atoms with Gasteiger partial charge in [-0.25, -0.2) is 5.01 Å². The molecule has 1 rings (SSSR count). The van der Waals surface area contributed by atoms with E-state index in [1.54, 1.807) is 5.01 Å². The van der Waals surface area contributed by atoms with Crippen LogP contribution < -0.4 is 5.84 Å². The summed E-state index contributed by atoms with van der Waals surface area (Å²) in [5.74, 6) is 4.55. The predicted octanol–water partition coefficient (Wildman–Crippen LogP) is -1.51. The number of hydrogen-bond acceptors (Lipinski definition) is 5. The van der Waals surface area contributed by atoms with Crippen LogP contribution >= 0.6 is 0 Å². The molecule has 0 saturated carbocycles. The number of nitrogens with zero attached hydrogens (tertiary/aromatic N) is 2. The van der Waals surface area contributed by atoms with E-state index in [0.717, 1.165) is 0 Å². The van der Waals surface area contributed by atoms with Gasteiger partial charge in [0.05, 0.1) is 13.2 Å². The van der Waals surface area contributed by atoms with Crippen molar-refractivity contribution in [2.24, 2.45) is 5.84 Å². The first-order valence-electron chi connectivity index (χ1n) is 3.77. The van der Waals surface area contributed by atoms with E-state index >= 15 is 0 Å². The molecular weight excluding hydrogens is 162 g/mol. The van der Waals surface area contributed by atoms with Crippen LogP contribution in [0.3, 0.4) is 0 Å². The van der Waals surface area contributed by atoms with Gasteiger partial charge in [-0.3, -0.25) is 10.6 Å². The van der Waals surface area contributed by atoms with Gasteiger partial charge in [0.1, 0.15) is 6.54 Å². The van der Waals surface area contributed by atoms with Crippen LogP contribution in [0.15, 0.2) is 0 Å². The van der Waals surface area contributed by atoms with Gasteiger partial charge in [-0.05, 0) is 0 Å². The topological polar surface area (TPSA) is 79.0 Å². The third kappa shape index (κ3) is 2.74. The molecule has 1 saturated heterocycles. The first kappa shape index (κ1) is 9.40. The van der Waals surface area contributed by atoms with E-state index < -0.39 is 5.97 Å². The van der Waals surface area contributed by atoms with E-state index in [2.05, 4.69) is 0 Å². The monoisotopic (exact) mass is 175 g/mol.